The number of carboxylic acids is 2. The number of hydrogen-bond donors (Lipinski definition) is 20. The van der Waals surface area contributed by atoms with Crippen LogP contribution in [0.15, 0.2) is 22.5 Å². The largest absolute Gasteiger partial charge is 0.490 e. The molecule has 3 aliphatic rings. The second kappa shape index (κ2) is 47.7. The number of H-pyrrole nitrogens is 1. The maximum Gasteiger partial charge on any atom is 0.490 e. The zero-order chi connectivity index (χ0) is 82.5. The van der Waals surface area contributed by atoms with Crippen LogP contribution < -0.4 is 88.0 Å². The zero-order valence-electron chi connectivity index (χ0n) is 62.0. The maximum absolute atomic E-state index is 14.5. The van der Waals surface area contributed by atoms with Crippen LogP contribution in [0.4, 0.5) is 13.2 Å². The molecule has 4 heterocycles. The monoisotopic (exact) mass is 1590 g/mol. The predicted octanol–water partition coefficient (Wildman–Crippen LogP) is -6.72. The molecule has 13 amide bonds. The standard InChI is InChI=1S/C63H107N23O16S.C2HF3O2/c1-34(2)28-42(81-52(92)39(13-7-22-72-62(67)68)78-58(98)47-17-11-26-86(47)59(99)40(14-8-23-73-63(69)70)79-50(90)37(65)18-19-48(66)88)53(93)83-44(32-87)55(95)82-43(29-36-30-71-33-75-36)54(94)77-38(12-5-6-21-64)51(91)74-31-49(89)84-24-9-15-45(84)57(97)80-41(20-27-103-4)60(100)85-25-10-16-46(85)56(96)76-35(3)61(101)102;3-2(4,5)1(6)7/h30,33-35,37-47,87H,5-29,31-32,64-65H2,1-4H3,(H2,66,88)(H,71,75)(H,74,91)(H,76,96)(H,77,94)(H,78,98)(H,79,90)(H,80,97)(H,81,92)(H,82,95)(H,83,93)(H,101,102)(H4,67,68,72)(H4,69,70,73);(H,6,7)/t35-,37-,38-,39-,40-,41-,42-,43-,44-,45-,46-,47-;/m0./s1. The van der Waals surface area contributed by atoms with E-state index in [4.69, 9.17) is 50.0 Å². The Bertz CT molecular complexity index is 3350. The van der Waals surface area contributed by atoms with Gasteiger partial charge in [0.1, 0.15) is 66.5 Å². The van der Waals surface area contributed by atoms with Crippen LogP contribution in [0, 0.1) is 5.92 Å². The molecule has 0 spiro atoms. The second-order valence-electron chi connectivity index (χ2n) is 26.8. The lowest BCUT2D eigenvalue weighted by atomic mass is 10.0. The lowest BCUT2D eigenvalue weighted by Gasteiger charge is -2.31. The van der Waals surface area contributed by atoms with Crippen molar-refractivity contribution in [3.63, 3.8) is 0 Å². The number of guanidine groups is 2. The Hall–Kier alpha value is -10.2. The van der Waals surface area contributed by atoms with E-state index in [0.717, 1.165) is 0 Å². The summed E-state index contributed by atoms with van der Waals surface area (Å²) in [5.41, 5.74) is 39.5. The van der Waals surface area contributed by atoms with Crippen LogP contribution in [-0.4, -0.2) is 284 Å². The number of alkyl halides is 3. The number of nitrogens with one attached hydrogen (secondary N) is 10. The molecule has 1 aromatic heterocycles. The number of likely N-dealkylation sites (tertiary alicyclic amines) is 3. The minimum absolute atomic E-state index is 0.00341. The van der Waals surface area contributed by atoms with Gasteiger partial charge in [-0.15, -0.1) is 0 Å². The minimum atomic E-state index is -5.08. The summed E-state index contributed by atoms with van der Waals surface area (Å²) >= 11 is 1.42. The molecule has 618 valence electrons. The highest BCUT2D eigenvalue weighted by atomic mass is 32.2. The van der Waals surface area contributed by atoms with Gasteiger partial charge in [0.2, 0.25) is 76.8 Å². The smallest absolute Gasteiger partial charge is 0.480 e. The van der Waals surface area contributed by atoms with E-state index in [1.54, 1.807) is 13.8 Å². The van der Waals surface area contributed by atoms with E-state index in [1.165, 1.54) is 45.9 Å². The van der Waals surface area contributed by atoms with Gasteiger partial charge < -0.3 is 123 Å². The van der Waals surface area contributed by atoms with E-state index in [-0.39, 0.29) is 141 Å². The third kappa shape index (κ3) is 32.6. The molecule has 3 aliphatic heterocycles. The van der Waals surface area contributed by atoms with Crippen molar-refractivity contribution in [2.75, 3.05) is 64.4 Å². The molecule has 4 rings (SSSR count). The normalized spacial score (nSPS) is 17.8. The number of nitrogens with two attached hydrogens (primary N) is 7. The Kier molecular flexibility index (Phi) is 40.8. The molecule has 0 unspecified atom stereocenters. The van der Waals surface area contributed by atoms with E-state index in [0.29, 0.717) is 43.6 Å². The fourth-order valence-corrected chi connectivity index (χ4v) is 12.4. The molecule has 0 saturated carbocycles. The summed E-state index contributed by atoms with van der Waals surface area (Å²) in [7, 11) is 0. The minimum Gasteiger partial charge on any atom is -0.480 e. The number of aliphatic carboxylic acids is 2. The number of carbonyl (C=O) groups is 15. The number of carboxylic acid groups (broad SMARTS) is 2. The van der Waals surface area contributed by atoms with Gasteiger partial charge in [-0.2, -0.15) is 24.9 Å². The third-order valence-corrected chi connectivity index (χ3v) is 18.3. The quantitative estimate of drug-likeness (QED) is 0.0164. The first-order chi connectivity index (χ1) is 51.8. The molecule has 27 N–H and O–H groups in total. The van der Waals surface area contributed by atoms with Gasteiger partial charge in [0.05, 0.1) is 25.5 Å². The maximum atomic E-state index is 14.5. The molecule has 41 nitrogen and oxygen atoms in total. The van der Waals surface area contributed by atoms with Gasteiger partial charge in [-0.3, -0.25) is 77.1 Å². The van der Waals surface area contributed by atoms with Crippen LogP contribution in [-0.2, 0) is 78.3 Å². The van der Waals surface area contributed by atoms with Gasteiger partial charge in [0, 0.05) is 57.5 Å². The van der Waals surface area contributed by atoms with Crippen molar-refractivity contribution in [1.29, 1.82) is 0 Å². The summed E-state index contributed by atoms with van der Waals surface area (Å²) < 4.78 is 31.7. The van der Waals surface area contributed by atoms with Crippen molar-refractivity contribution in [2.45, 2.75) is 215 Å². The van der Waals surface area contributed by atoms with Crippen molar-refractivity contribution in [2.24, 2.45) is 56.0 Å². The van der Waals surface area contributed by atoms with Gasteiger partial charge in [0.15, 0.2) is 11.9 Å². The average Bonchev–Trinajstić information content (AvgIpc) is 1.65. The summed E-state index contributed by atoms with van der Waals surface area (Å²) in [6.45, 7) is 3.80. The number of hydrogen-bond acceptors (Lipinski definition) is 22. The van der Waals surface area contributed by atoms with Gasteiger partial charge in [-0.1, -0.05) is 13.8 Å². The summed E-state index contributed by atoms with van der Waals surface area (Å²) in [5, 5.41) is 50.5. The topological polar surface area (TPSA) is 670 Å². The number of aliphatic hydroxyl groups is 1. The number of nitrogens with zero attached hydrogens (tertiary/aromatic N) is 6. The molecule has 0 radical (unpaired) electrons. The summed E-state index contributed by atoms with van der Waals surface area (Å²) in [6.07, 6.45) is 1.70. The Morgan fingerprint density at radius 3 is 1.53 bits per heavy atom. The fraction of sp³-hybridized carbons (Fsp3) is 0.692. The van der Waals surface area contributed by atoms with Crippen molar-refractivity contribution in [3.8, 4) is 0 Å². The highest BCUT2D eigenvalue weighted by Crippen LogP contribution is 2.24. The first-order valence-corrected chi connectivity index (χ1v) is 37.3. The van der Waals surface area contributed by atoms with Crippen LogP contribution in [0.5, 0.6) is 0 Å². The molecule has 1 aromatic rings. The number of rotatable bonds is 45. The number of amides is 13. The lowest BCUT2D eigenvalue weighted by Crippen LogP contribution is -2.61. The van der Waals surface area contributed by atoms with Gasteiger partial charge >= 0.3 is 18.1 Å². The Balaban J connectivity index is 0.00000426. The van der Waals surface area contributed by atoms with Gasteiger partial charge in [-0.05, 0) is 134 Å². The predicted molar refractivity (Wildman–Crippen MR) is 391 cm³/mol. The number of aromatic amines is 1. The summed E-state index contributed by atoms with van der Waals surface area (Å²) in [6, 6.07) is -15.4. The van der Waals surface area contributed by atoms with Crippen molar-refractivity contribution < 1.29 is 100 Å². The molecule has 45 heteroatoms. The summed E-state index contributed by atoms with van der Waals surface area (Å²) in [4.78, 5) is 219. The molecule has 0 bridgehead atoms. The number of primary amides is 1. The lowest BCUT2D eigenvalue weighted by molar-refractivity contribution is -0.192. The second-order valence-corrected chi connectivity index (χ2v) is 27.8. The number of aromatic nitrogens is 2. The summed E-state index contributed by atoms with van der Waals surface area (Å²) in [5.74, 6) is -14.4. The van der Waals surface area contributed by atoms with Crippen LogP contribution in [0.1, 0.15) is 136 Å². The number of aliphatic hydroxyl groups excluding tert-OH is 1. The van der Waals surface area contributed by atoms with E-state index in [1.807, 2.05) is 6.26 Å². The Labute approximate surface area is 636 Å². The van der Waals surface area contributed by atoms with Crippen LogP contribution in [0.25, 0.3) is 0 Å². The first kappa shape index (κ1) is 94.0. The SMILES string of the molecule is CSCC[C@H](NC(=O)[C@@H]1CCCN1C(=O)CNC(=O)[C@H](CCCCN)NC(=O)[C@H](Cc1cnc[nH]1)NC(=O)[C@H](CO)NC(=O)[C@H](CC(C)C)NC(=O)[C@H](CCCN=C(N)N)NC(=O)[C@@H]1CCCN1C(=O)[C@H](CCCN=C(N)N)NC(=O)[C@@H](N)CCC(N)=O)C(=O)N1CCC[C@H]1C(=O)N[C@@H](C)C(=O)O.O=C(O)C(F)(F)F. The van der Waals surface area contributed by atoms with Crippen LogP contribution >= 0.6 is 11.8 Å². The number of aliphatic imine (C=N–C) groups is 2. The fourth-order valence-electron chi connectivity index (χ4n) is 11.9. The molecular formula is C65H108F3N23O18S. The molecule has 110 heavy (non-hydrogen) atoms. The molecule has 3 saturated heterocycles. The van der Waals surface area contributed by atoms with Crippen molar-refractivity contribution in [3.05, 3.63) is 18.2 Å². The molecule has 3 fully saturated rings. The number of imidazole rings is 1. The van der Waals surface area contributed by atoms with E-state index < -0.39 is 181 Å². The van der Waals surface area contributed by atoms with Gasteiger partial charge in [0.25, 0.3) is 0 Å². The zero-order valence-corrected chi connectivity index (χ0v) is 62.8. The van der Waals surface area contributed by atoms with E-state index in [9.17, 15) is 90.5 Å². The Morgan fingerprint density at radius 2 is 1.04 bits per heavy atom. The number of unbranched alkanes of at least 4 members (excludes halogenated alkanes) is 1. The number of thioether (sulfide) groups is 1. The van der Waals surface area contributed by atoms with E-state index >= 15 is 0 Å². The van der Waals surface area contributed by atoms with Gasteiger partial charge in [-0.25, -0.2) is 9.78 Å². The number of halogens is 3. The molecule has 0 aromatic carbocycles. The molecule has 0 aliphatic carbocycles. The van der Waals surface area contributed by atoms with E-state index in [2.05, 4.69) is 67.8 Å². The highest BCUT2D eigenvalue weighted by Gasteiger charge is 2.44. The van der Waals surface area contributed by atoms with Crippen molar-refractivity contribution in [1.82, 2.24) is 72.5 Å². The number of carbonyl (C=O) groups excluding carboxylic acids is 13. The third-order valence-electron chi connectivity index (χ3n) is 17.7. The highest BCUT2D eigenvalue weighted by molar-refractivity contribution is 7.98. The van der Waals surface area contributed by atoms with Crippen LogP contribution in [0.2, 0.25) is 0 Å². The van der Waals surface area contributed by atoms with Crippen LogP contribution in [0.3, 0.4) is 0 Å². The average molecular weight is 1590 g/mol. The molecule has 12 atom stereocenters. The Morgan fingerprint density at radius 1 is 0.591 bits per heavy atom. The molecular weight excluding hydrogens is 1480 g/mol. The first-order valence-electron chi connectivity index (χ1n) is 35.9. The van der Waals surface area contributed by atoms with Crippen molar-refractivity contribution >= 4 is 112 Å².